The third-order valence-electron chi connectivity index (χ3n) is 6.11. The molecule has 34 heavy (non-hydrogen) atoms. The highest BCUT2D eigenvalue weighted by molar-refractivity contribution is 9.10. The summed E-state index contributed by atoms with van der Waals surface area (Å²) in [5.41, 5.74) is 5.17. The second kappa shape index (κ2) is 9.35. The number of rotatable bonds is 5. The summed E-state index contributed by atoms with van der Waals surface area (Å²) in [6.07, 6.45) is 2.58. The summed E-state index contributed by atoms with van der Waals surface area (Å²) in [5, 5.41) is 13.6. The first kappa shape index (κ1) is 22.8. The summed E-state index contributed by atoms with van der Waals surface area (Å²) < 4.78 is 0.897. The van der Waals surface area contributed by atoms with Crippen LogP contribution in [0, 0.1) is 5.92 Å². The van der Waals surface area contributed by atoms with Crippen molar-refractivity contribution in [3.8, 4) is 0 Å². The van der Waals surface area contributed by atoms with Crippen LogP contribution in [0.25, 0.3) is 0 Å². The van der Waals surface area contributed by atoms with E-state index in [4.69, 9.17) is 11.6 Å². The maximum Gasteiger partial charge on any atom is 0.254 e. The lowest BCUT2D eigenvalue weighted by molar-refractivity contribution is -0.123. The number of para-hydroxylation sites is 1. The maximum atomic E-state index is 13.6. The van der Waals surface area contributed by atoms with Gasteiger partial charge in [0, 0.05) is 15.2 Å². The molecule has 6 nitrogen and oxygen atoms in total. The molecule has 4 atom stereocenters. The number of hydrogen-bond donors (Lipinski definition) is 2. The van der Waals surface area contributed by atoms with E-state index in [0.717, 1.165) is 4.47 Å². The molecule has 0 bridgehead atoms. The van der Waals surface area contributed by atoms with Gasteiger partial charge in [-0.3, -0.25) is 9.59 Å². The van der Waals surface area contributed by atoms with E-state index in [9.17, 15) is 14.7 Å². The van der Waals surface area contributed by atoms with Gasteiger partial charge in [0.25, 0.3) is 5.91 Å². The number of nitrogens with zero attached hydrogens (tertiary/aromatic N) is 2. The SMILES string of the molecule is O=C1C2C=C[C@H]([C@H](O)c3ccc(Br)cc3)N(Nc3ccc(Cl)cc3)[C@@H]2C(=O)N1c1ccccc1. The van der Waals surface area contributed by atoms with Crippen molar-refractivity contribution in [1.29, 1.82) is 0 Å². The molecular formula is C26H21BrClN3O3. The fraction of sp³-hybridized carbons (Fsp3) is 0.154. The molecule has 0 saturated carbocycles. The normalized spacial score (nSPS) is 23.1. The van der Waals surface area contributed by atoms with E-state index >= 15 is 0 Å². The Hall–Kier alpha value is -2.97. The monoisotopic (exact) mass is 537 g/mol. The van der Waals surface area contributed by atoms with Gasteiger partial charge in [0.15, 0.2) is 0 Å². The maximum absolute atomic E-state index is 13.6. The average molecular weight is 539 g/mol. The Labute approximate surface area is 210 Å². The molecule has 1 unspecified atom stereocenters. The van der Waals surface area contributed by atoms with E-state index in [1.54, 1.807) is 65.7 Å². The molecule has 2 heterocycles. The Morgan fingerprint density at radius 3 is 2.24 bits per heavy atom. The molecule has 2 aliphatic heterocycles. The van der Waals surface area contributed by atoms with Crippen LogP contribution in [-0.4, -0.2) is 34.0 Å². The van der Waals surface area contributed by atoms with Crippen LogP contribution in [0.1, 0.15) is 11.7 Å². The highest BCUT2D eigenvalue weighted by Gasteiger charge is 2.54. The third kappa shape index (κ3) is 4.16. The molecule has 0 spiro atoms. The van der Waals surface area contributed by atoms with Gasteiger partial charge in [-0.2, -0.15) is 0 Å². The molecule has 2 N–H and O–H groups in total. The van der Waals surface area contributed by atoms with Crippen LogP contribution in [0.5, 0.6) is 0 Å². The number of imide groups is 1. The number of halogens is 2. The zero-order valence-electron chi connectivity index (χ0n) is 17.9. The summed E-state index contributed by atoms with van der Waals surface area (Å²) in [6.45, 7) is 0. The number of anilines is 2. The van der Waals surface area contributed by atoms with Crippen molar-refractivity contribution in [3.05, 3.63) is 106 Å². The smallest absolute Gasteiger partial charge is 0.254 e. The van der Waals surface area contributed by atoms with Gasteiger partial charge < -0.3 is 10.5 Å². The first-order valence-electron chi connectivity index (χ1n) is 10.8. The number of carbonyl (C=O) groups is 2. The second-order valence-electron chi connectivity index (χ2n) is 8.22. The first-order valence-corrected chi connectivity index (χ1v) is 12.0. The molecule has 0 aliphatic carbocycles. The lowest BCUT2D eigenvalue weighted by Gasteiger charge is -2.40. The number of carbonyl (C=O) groups excluding carboxylic acids is 2. The minimum absolute atomic E-state index is 0.295. The molecule has 0 aromatic heterocycles. The highest BCUT2D eigenvalue weighted by Crippen LogP contribution is 2.38. The van der Waals surface area contributed by atoms with Crippen LogP contribution in [0.15, 0.2) is 95.5 Å². The Balaban J connectivity index is 1.54. The number of hydrazine groups is 1. The van der Waals surface area contributed by atoms with Crippen LogP contribution in [0.3, 0.4) is 0 Å². The van der Waals surface area contributed by atoms with Gasteiger partial charge in [-0.1, -0.05) is 70.0 Å². The van der Waals surface area contributed by atoms with Crippen molar-refractivity contribution < 1.29 is 14.7 Å². The van der Waals surface area contributed by atoms with Crippen molar-refractivity contribution in [2.75, 3.05) is 10.3 Å². The zero-order chi connectivity index (χ0) is 23.8. The molecule has 3 aromatic carbocycles. The van der Waals surface area contributed by atoms with Gasteiger partial charge in [-0.25, -0.2) is 9.91 Å². The van der Waals surface area contributed by atoms with Gasteiger partial charge in [-0.15, -0.1) is 0 Å². The van der Waals surface area contributed by atoms with Crippen molar-refractivity contribution in [2.24, 2.45) is 5.92 Å². The fourth-order valence-electron chi connectivity index (χ4n) is 4.43. The lowest BCUT2D eigenvalue weighted by Crippen LogP contribution is -2.55. The Morgan fingerprint density at radius 1 is 0.882 bits per heavy atom. The number of aliphatic hydroxyl groups is 1. The van der Waals surface area contributed by atoms with Crippen molar-refractivity contribution >= 4 is 50.7 Å². The zero-order valence-corrected chi connectivity index (χ0v) is 20.2. The summed E-state index contributed by atoms with van der Waals surface area (Å²) in [7, 11) is 0. The number of hydrogen-bond acceptors (Lipinski definition) is 5. The van der Waals surface area contributed by atoms with Crippen LogP contribution >= 0.6 is 27.5 Å². The Morgan fingerprint density at radius 2 is 1.56 bits per heavy atom. The standard InChI is InChI=1S/C26H21BrClN3O3/c27-17-8-6-16(7-9-17)24(32)22-15-14-21-23(31(22)29-19-12-10-18(28)11-13-19)26(34)30(25(21)33)20-4-2-1-3-5-20/h1-15,21-24,29,32H/t21?,22-,23+,24-/m1/s1. The van der Waals surface area contributed by atoms with Crippen molar-refractivity contribution in [3.63, 3.8) is 0 Å². The summed E-state index contributed by atoms with van der Waals surface area (Å²) in [5.74, 6) is -1.32. The van der Waals surface area contributed by atoms with Gasteiger partial charge >= 0.3 is 0 Å². The molecule has 2 amide bonds. The van der Waals surface area contributed by atoms with E-state index in [1.165, 1.54) is 4.90 Å². The minimum Gasteiger partial charge on any atom is -0.386 e. The minimum atomic E-state index is -0.946. The quantitative estimate of drug-likeness (QED) is 0.355. The van der Waals surface area contributed by atoms with Gasteiger partial charge in [0.2, 0.25) is 5.91 Å². The number of benzene rings is 3. The van der Waals surface area contributed by atoms with E-state index < -0.39 is 24.1 Å². The van der Waals surface area contributed by atoms with Crippen molar-refractivity contribution in [1.82, 2.24) is 5.01 Å². The molecule has 5 rings (SSSR count). The van der Waals surface area contributed by atoms with Crippen LogP contribution in [0.2, 0.25) is 5.02 Å². The van der Waals surface area contributed by atoms with Gasteiger partial charge in [0.05, 0.1) is 23.8 Å². The molecule has 3 aromatic rings. The summed E-state index contributed by atoms with van der Waals surface area (Å²) in [6, 6.07) is 21.9. The molecule has 2 aliphatic rings. The van der Waals surface area contributed by atoms with E-state index in [-0.39, 0.29) is 11.8 Å². The molecule has 0 radical (unpaired) electrons. The average Bonchev–Trinajstić information content (AvgIpc) is 3.11. The van der Waals surface area contributed by atoms with Crippen LogP contribution in [-0.2, 0) is 9.59 Å². The van der Waals surface area contributed by atoms with E-state index in [1.807, 2.05) is 30.3 Å². The molecule has 172 valence electrons. The van der Waals surface area contributed by atoms with Crippen LogP contribution < -0.4 is 10.3 Å². The molecular weight excluding hydrogens is 518 g/mol. The Bertz CT molecular complexity index is 1230. The molecule has 8 heteroatoms. The first-order chi connectivity index (χ1) is 16.4. The summed E-state index contributed by atoms with van der Waals surface area (Å²) in [4.78, 5) is 28.2. The Kier molecular flexibility index (Phi) is 6.27. The van der Waals surface area contributed by atoms with E-state index in [0.29, 0.717) is 22.0 Å². The molecule has 1 saturated heterocycles. The van der Waals surface area contributed by atoms with Crippen molar-refractivity contribution in [2.45, 2.75) is 18.2 Å². The highest BCUT2D eigenvalue weighted by atomic mass is 79.9. The van der Waals surface area contributed by atoms with E-state index in [2.05, 4.69) is 21.4 Å². The number of nitrogens with one attached hydrogen (secondary N) is 1. The second-order valence-corrected chi connectivity index (χ2v) is 9.57. The molecule has 1 fully saturated rings. The number of fused-ring (bicyclic) bond motifs is 1. The summed E-state index contributed by atoms with van der Waals surface area (Å²) >= 11 is 9.46. The predicted octanol–water partition coefficient (Wildman–Crippen LogP) is 4.96. The largest absolute Gasteiger partial charge is 0.386 e. The third-order valence-corrected chi connectivity index (χ3v) is 6.89. The van der Waals surface area contributed by atoms with Gasteiger partial charge in [0.1, 0.15) is 6.04 Å². The fourth-order valence-corrected chi connectivity index (χ4v) is 4.82. The lowest BCUT2D eigenvalue weighted by atomic mass is 9.90. The number of amides is 2. The van der Waals surface area contributed by atoms with Gasteiger partial charge in [-0.05, 0) is 54.1 Å². The van der Waals surface area contributed by atoms with Crippen LogP contribution in [0.4, 0.5) is 11.4 Å². The topological polar surface area (TPSA) is 72.9 Å². The predicted molar refractivity (Wildman–Crippen MR) is 135 cm³/mol. The number of aliphatic hydroxyl groups excluding tert-OH is 1.